The summed E-state index contributed by atoms with van der Waals surface area (Å²) in [5.41, 5.74) is 4.96. The van der Waals surface area contributed by atoms with E-state index in [4.69, 9.17) is 4.98 Å². The zero-order chi connectivity index (χ0) is 14.8. The van der Waals surface area contributed by atoms with Gasteiger partial charge in [-0.15, -0.1) is 0 Å². The number of hydrogen-bond donors (Lipinski definition) is 1. The molecule has 1 aliphatic rings. The van der Waals surface area contributed by atoms with Gasteiger partial charge in [0.25, 0.3) is 0 Å². The monoisotopic (exact) mass is 304 g/mol. The molecule has 1 aromatic heterocycles. The van der Waals surface area contributed by atoms with Gasteiger partial charge in [0.05, 0.1) is 5.69 Å². The van der Waals surface area contributed by atoms with Crippen molar-refractivity contribution in [3.8, 4) is 0 Å². The van der Waals surface area contributed by atoms with Crippen LogP contribution in [-0.2, 0) is 12.8 Å². The second-order valence-electron chi connectivity index (χ2n) is 5.35. The lowest BCUT2D eigenvalue weighted by atomic mass is 10.1. The maximum Gasteiger partial charge on any atom is 0.118 e. The zero-order valence-electron chi connectivity index (χ0n) is 12.1. The Hall–Kier alpha value is -2.39. The molecule has 0 bridgehead atoms. The number of thiazole rings is 1. The Morgan fingerprint density at radius 3 is 2.64 bits per heavy atom. The smallest absolute Gasteiger partial charge is 0.118 e. The number of aryl methyl sites for hydroxylation is 2. The molecule has 108 valence electrons. The Morgan fingerprint density at radius 1 is 0.909 bits per heavy atom. The third-order valence-electron chi connectivity index (χ3n) is 3.83. The molecule has 1 aliphatic heterocycles. The minimum atomic E-state index is 0.995. The van der Waals surface area contributed by atoms with Crippen LogP contribution in [0.1, 0.15) is 21.8 Å². The van der Waals surface area contributed by atoms with E-state index in [0.717, 1.165) is 17.8 Å². The van der Waals surface area contributed by atoms with Crippen molar-refractivity contribution in [1.29, 1.82) is 0 Å². The van der Waals surface area contributed by atoms with Crippen LogP contribution in [0.4, 0.5) is 10.7 Å². The second-order valence-corrected chi connectivity index (χ2v) is 6.38. The Labute approximate surface area is 134 Å². The molecule has 2 heterocycles. The van der Waals surface area contributed by atoms with Crippen molar-refractivity contribution >= 4 is 34.2 Å². The summed E-state index contributed by atoms with van der Waals surface area (Å²) in [7, 11) is 0. The van der Waals surface area contributed by atoms with Crippen LogP contribution >= 0.6 is 11.3 Å². The highest BCUT2D eigenvalue weighted by atomic mass is 32.1. The van der Waals surface area contributed by atoms with Gasteiger partial charge in [-0.25, -0.2) is 4.98 Å². The lowest BCUT2D eigenvalue weighted by molar-refractivity contribution is 0.939. The van der Waals surface area contributed by atoms with E-state index in [1.165, 1.54) is 27.5 Å². The Bertz CT molecular complexity index is 818. The van der Waals surface area contributed by atoms with Crippen LogP contribution < -0.4 is 5.32 Å². The maximum atomic E-state index is 4.78. The summed E-state index contributed by atoms with van der Waals surface area (Å²) in [6, 6.07) is 18.8. The molecule has 0 radical (unpaired) electrons. The molecule has 0 aliphatic carbocycles. The molecular formula is C19H16N2S. The van der Waals surface area contributed by atoms with Crippen molar-refractivity contribution in [3.63, 3.8) is 0 Å². The molecule has 3 heteroatoms. The lowest BCUT2D eigenvalue weighted by Gasteiger charge is -2.05. The quantitative estimate of drug-likeness (QED) is 0.707. The van der Waals surface area contributed by atoms with Gasteiger partial charge in [-0.05, 0) is 36.1 Å². The number of rotatable bonds is 2. The van der Waals surface area contributed by atoms with Crippen LogP contribution in [0.15, 0.2) is 54.6 Å². The average Bonchev–Trinajstić information content (AvgIpc) is 2.87. The van der Waals surface area contributed by atoms with Gasteiger partial charge in [-0.2, -0.15) is 0 Å². The number of hydrogen-bond acceptors (Lipinski definition) is 3. The van der Waals surface area contributed by atoms with Crippen molar-refractivity contribution in [1.82, 2.24) is 4.98 Å². The van der Waals surface area contributed by atoms with Crippen molar-refractivity contribution in [2.45, 2.75) is 12.8 Å². The predicted octanol–water partition coefficient (Wildman–Crippen LogP) is 5.16. The van der Waals surface area contributed by atoms with Crippen LogP contribution in [0.3, 0.4) is 0 Å². The van der Waals surface area contributed by atoms with Crippen molar-refractivity contribution in [3.05, 3.63) is 76.4 Å². The topological polar surface area (TPSA) is 24.9 Å². The molecule has 0 amide bonds. The summed E-state index contributed by atoms with van der Waals surface area (Å²) >= 11 is 1.72. The van der Waals surface area contributed by atoms with Gasteiger partial charge in [-0.1, -0.05) is 65.9 Å². The van der Waals surface area contributed by atoms with Gasteiger partial charge in [0, 0.05) is 5.69 Å². The van der Waals surface area contributed by atoms with E-state index in [1.54, 1.807) is 11.3 Å². The van der Waals surface area contributed by atoms with Crippen LogP contribution in [0.2, 0.25) is 0 Å². The SMILES string of the molecule is C(=Cc1nc2c(s1)Nc1ccccc1CC2)c1ccccc1. The summed E-state index contributed by atoms with van der Waals surface area (Å²) in [6.45, 7) is 0. The fourth-order valence-corrected chi connectivity index (χ4v) is 3.60. The summed E-state index contributed by atoms with van der Waals surface area (Å²) in [4.78, 5) is 4.78. The number of para-hydroxylation sites is 1. The summed E-state index contributed by atoms with van der Waals surface area (Å²) in [5.74, 6) is 0. The highest BCUT2D eigenvalue weighted by Gasteiger charge is 2.16. The molecule has 4 rings (SSSR count). The maximum absolute atomic E-state index is 4.78. The number of aromatic nitrogens is 1. The highest BCUT2D eigenvalue weighted by Crippen LogP contribution is 2.34. The van der Waals surface area contributed by atoms with Crippen molar-refractivity contribution in [2.75, 3.05) is 5.32 Å². The van der Waals surface area contributed by atoms with Gasteiger partial charge in [-0.3, -0.25) is 0 Å². The molecular weight excluding hydrogens is 288 g/mol. The fourth-order valence-electron chi connectivity index (χ4n) is 2.68. The Kier molecular flexibility index (Phi) is 3.49. The molecule has 0 saturated heterocycles. The summed E-state index contributed by atoms with van der Waals surface area (Å²) < 4.78 is 0. The normalized spacial score (nSPS) is 13.3. The van der Waals surface area contributed by atoms with E-state index in [1.807, 2.05) is 6.07 Å². The number of nitrogens with zero attached hydrogens (tertiary/aromatic N) is 1. The first-order valence-corrected chi connectivity index (χ1v) is 8.28. The molecule has 1 N–H and O–H groups in total. The van der Waals surface area contributed by atoms with Gasteiger partial charge in [0.2, 0.25) is 0 Å². The van der Waals surface area contributed by atoms with Crippen molar-refractivity contribution in [2.24, 2.45) is 0 Å². The van der Waals surface area contributed by atoms with Crippen LogP contribution in [0, 0.1) is 0 Å². The molecule has 0 unspecified atom stereocenters. The minimum Gasteiger partial charge on any atom is -0.345 e. The number of nitrogens with one attached hydrogen (secondary N) is 1. The molecule has 2 aromatic carbocycles. The minimum absolute atomic E-state index is 0.995. The van der Waals surface area contributed by atoms with E-state index in [2.05, 4.69) is 66.0 Å². The molecule has 0 atom stereocenters. The van der Waals surface area contributed by atoms with Crippen LogP contribution in [0.5, 0.6) is 0 Å². The van der Waals surface area contributed by atoms with E-state index in [0.29, 0.717) is 0 Å². The van der Waals surface area contributed by atoms with Gasteiger partial charge >= 0.3 is 0 Å². The molecule has 3 aromatic rings. The third kappa shape index (κ3) is 2.68. The lowest BCUT2D eigenvalue weighted by Crippen LogP contribution is -1.90. The fraction of sp³-hybridized carbons (Fsp3) is 0.105. The highest BCUT2D eigenvalue weighted by molar-refractivity contribution is 7.16. The van der Waals surface area contributed by atoms with E-state index < -0.39 is 0 Å². The zero-order valence-corrected chi connectivity index (χ0v) is 12.9. The average molecular weight is 304 g/mol. The first-order valence-electron chi connectivity index (χ1n) is 7.46. The largest absolute Gasteiger partial charge is 0.345 e. The first kappa shape index (κ1) is 13.3. The number of fused-ring (bicyclic) bond motifs is 2. The summed E-state index contributed by atoms with van der Waals surface area (Å²) in [6.07, 6.45) is 6.26. The van der Waals surface area contributed by atoms with Crippen LogP contribution in [-0.4, -0.2) is 4.98 Å². The molecule has 2 nitrogen and oxygen atoms in total. The molecule has 0 spiro atoms. The van der Waals surface area contributed by atoms with Crippen molar-refractivity contribution < 1.29 is 0 Å². The molecule has 22 heavy (non-hydrogen) atoms. The number of anilines is 2. The first-order chi connectivity index (χ1) is 10.9. The van der Waals surface area contributed by atoms with E-state index in [9.17, 15) is 0 Å². The number of benzene rings is 2. The van der Waals surface area contributed by atoms with Gasteiger partial charge < -0.3 is 5.32 Å². The Balaban J connectivity index is 1.61. The third-order valence-corrected chi connectivity index (χ3v) is 4.81. The van der Waals surface area contributed by atoms with Gasteiger partial charge in [0.15, 0.2) is 0 Å². The van der Waals surface area contributed by atoms with Gasteiger partial charge in [0.1, 0.15) is 10.0 Å². The van der Waals surface area contributed by atoms with E-state index >= 15 is 0 Å². The summed E-state index contributed by atoms with van der Waals surface area (Å²) in [5, 5.41) is 5.78. The molecule has 0 saturated carbocycles. The molecule has 0 fully saturated rings. The Morgan fingerprint density at radius 2 is 1.73 bits per heavy atom. The standard InChI is InChI=1S/C19H16N2S/c1-2-6-14(7-3-1)10-13-18-20-17-12-11-15-8-4-5-9-16(15)21-19(17)22-18/h1-10,13,21H,11-12H2. The van der Waals surface area contributed by atoms with Crippen LogP contribution in [0.25, 0.3) is 12.2 Å². The predicted molar refractivity (Wildman–Crippen MR) is 94.6 cm³/mol. The van der Waals surface area contributed by atoms with E-state index in [-0.39, 0.29) is 0 Å². The second kappa shape index (κ2) is 5.78.